The standard InChI is InChI=1S/C17H26N2O2/c1-3-4-10-18-17(20)13-19-11-6-9-16(19)14-7-5-8-15(12-14)21-2/h5,7-8,12,16H,3-4,6,9-11,13H2,1-2H3,(H,18,20). The molecule has 1 amide bonds. The van der Waals surface area contributed by atoms with E-state index in [1.807, 2.05) is 12.1 Å². The monoisotopic (exact) mass is 290 g/mol. The Hall–Kier alpha value is -1.55. The van der Waals surface area contributed by atoms with Crippen molar-refractivity contribution in [1.29, 1.82) is 0 Å². The summed E-state index contributed by atoms with van der Waals surface area (Å²) in [5.74, 6) is 1.02. The minimum Gasteiger partial charge on any atom is -0.497 e. The third-order valence-corrected chi connectivity index (χ3v) is 4.04. The van der Waals surface area contributed by atoms with Crippen LogP contribution in [0, 0.1) is 0 Å². The number of benzene rings is 1. The van der Waals surface area contributed by atoms with Gasteiger partial charge < -0.3 is 10.1 Å². The maximum Gasteiger partial charge on any atom is 0.234 e. The van der Waals surface area contributed by atoms with Crippen LogP contribution >= 0.6 is 0 Å². The molecule has 1 atom stereocenters. The quantitative estimate of drug-likeness (QED) is 0.785. The summed E-state index contributed by atoms with van der Waals surface area (Å²) in [6.07, 6.45) is 4.40. The number of hydrogen-bond acceptors (Lipinski definition) is 3. The first-order valence-corrected chi connectivity index (χ1v) is 7.89. The van der Waals surface area contributed by atoms with Crippen LogP contribution in [0.4, 0.5) is 0 Å². The summed E-state index contributed by atoms with van der Waals surface area (Å²) < 4.78 is 5.30. The first-order chi connectivity index (χ1) is 10.2. The lowest BCUT2D eigenvalue weighted by atomic mass is 10.0. The van der Waals surface area contributed by atoms with Gasteiger partial charge in [0.2, 0.25) is 5.91 Å². The number of carbonyl (C=O) groups is 1. The van der Waals surface area contributed by atoms with E-state index in [0.29, 0.717) is 12.6 Å². The number of nitrogens with zero attached hydrogens (tertiary/aromatic N) is 1. The first kappa shape index (κ1) is 15.8. The van der Waals surface area contributed by atoms with Gasteiger partial charge >= 0.3 is 0 Å². The molecular formula is C17H26N2O2. The van der Waals surface area contributed by atoms with E-state index in [4.69, 9.17) is 4.74 Å². The van der Waals surface area contributed by atoms with E-state index in [2.05, 4.69) is 29.3 Å². The molecule has 1 aromatic rings. The number of nitrogens with one attached hydrogen (secondary N) is 1. The normalized spacial score (nSPS) is 18.7. The fraction of sp³-hybridized carbons (Fsp3) is 0.588. The molecule has 1 aromatic carbocycles. The highest BCUT2D eigenvalue weighted by Crippen LogP contribution is 2.32. The van der Waals surface area contributed by atoms with Crippen LogP contribution in [0.25, 0.3) is 0 Å². The highest BCUT2D eigenvalue weighted by Gasteiger charge is 2.27. The van der Waals surface area contributed by atoms with Crippen molar-refractivity contribution < 1.29 is 9.53 Å². The molecule has 1 heterocycles. The van der Waals surface area contributed by atoms with Gasteiger partial charge in [-0.15, -0.1) is 0 Å². The first-order valence-electron chi connectivity index (χ1n) is 7.89. The van der Waals surface area contributed by atoms with Gasteiger partial charge in [-0.1, -0.05) is 25.5 Å². The number of likely N-dealkylation sites (tertiary alicyclic amines) is 1. The zero-order valence-electron chi connectivity index (χ0n) is 13.1. The van der Waals surface area contributed by atoms with Crippen LogP contribution in [0.1, 0.15) is 44.2 Å². The van der Waals surface area contributed by atoms with Crippen molar-refractivity contribution in [2.24, 2.45) is 0 Å². The Labute approximate surface area is 127 Å². The minimum atomic E-state index is 0.137. The summed E-state index contributed by atoms with van der Waals surface area (Å²) in [5, 5.41) is 3.00. The molecule has 116 valence electrons. The van der Waals surface area contributed by atoms with E-state index in [-0.39, 0.29) is 5.91 Å². The second kappa shape index (κ2) is 8.03. The van der Waals surface area contributed by atoms with Gasteiger partial charge in [-0.2, -0.15) is 0 Å². The van der Waals surface area contributed by atoms with E-state index in [1.165, 1.54) is 5.56 Å². The Balaban J connectivity index is 1.94. The predicted octanol–water partition coefficient (Wildman–Crippen LogP) is 2.75. The fourth-order valence-electron chi connectivity index (χ4n) is 2.89. The molecule has 1 aliphatic rings. The van der Waals surface area contributed by atoms with Crippen molar-refractivity contribution in [2.75, 3.05) is 26.7 Å². The number of methoxy groups -OCH3 is 1. The zero-order chi connectivity index (χ0) is 15.1. The van der Waals surface area contributed by atoms with Gasteiger partial charge in [0.1, 0.15) is 5.75 Å². The van der Waals surface area contributed by atoms with Crippen LogP contribution < -0.4 is 10.1 Å². The molecule has 1 unspecified atom stereocenters. The molecule has 21 heavy (non-hydrogen) atoms. The van der Waals surface area contributed by atoms with Gasteiger partial charge in [0, 0.05) is 12.6 Å². The molecule has 0 aromatic heterocycles. The molecule has 0 bridgehead atoms. The number of carbonyl (C=O) groups excluding carboxylic acids is 1. The Morgan fingerprint density at radius 2 is 2.33 bits per heavy atom. The Morgan fingerprint density at radius 1 is 1.48 bits per heavy atom. The van der Waals surface area contributed by atoms with Crippen LogP contribution in [0.5, 0.6) is 5.75 Å². The molecule has 1 N–H and O–H groups in total. The highest BCUT2D eigenvalue weighted by atomic mass is 16.5. The second-order valence-corrected chi connectivity index (χ2v) is 5.61. The SMILES string of the molecule is CCCCNC(=O)CN1CCCC1c1cccc(OC)c1. The molecule has 0 spiro atoms. The van der Waals surface area contributed by atoms with E-state index in [0.717, 1.165) is 44.5 Å². The summed E-state index contributed by atoms with van der Waals surface area (Å²) in [4.78, 5) is 14.3. The van der Waals surface area contributed by atoms with Crippen molar-refractivity contribution >= 4 is 5.91 Å². The van der Waals surface area contributed by atoms with Crippen LogP contribution in [-0.4, -0.2) is 37.6 Å². The number of hydrogen-bond donors (Lipinski definition) is 1. The third kappa shape index (κ3) is 4.46. The zero-order valence-corrected chi connectivity index (χ0v) is 13.1. The van der Waals surface area contributed by atoms with Crippen molar-refractivity contribution in [2.45, 2.75) is 38.6 Å². The predicted molar refractivity (Wildman–Crippen MR) is 84.5 cm³/mol. The summed E-state index contributed by atoms with van der Waals surface area (Å²) in [6, 6.07) is 8.52. The largest absolute Gasteiger partial charge is 0.497 e. The van der Waals surface area contributed by atoms with Crippen molar-refractivity contribution in [1.82, 2.24) is 10.2 Å². The van der Waals surface area contributed by atoms with Crippen molar-refractivity contribution in [3.63, 3.8) is 0 Å². The lowest BCUT2D eigenvalue weighted by molar-refractivity contribution is -0.122. The molecule has 1 fully saturated rings. The second-order valence-electron chi connectivity index (χ2n) is 5.61. The molecule has 4 nitrogen and oxygen atoms in total. The summed E-state index contributed by atoms with van der Waals surface area (Å²) in [6.45, 7) is 4.40. The number of ether oxygens (including phenoxy) is 1. The van der Waals surface area contributed by atoms with E-state index >= 15 is 0 Å². The molecule has 0 radical (unpaired) electrons. The Bertz CT molecular complexity index is 462. The average molecular weight is 290 g/mol. The topological polar surface area (TPSA) is 41.6 Å². The van der Waals surface area contributed by atoms with Crippen LogP contribution in [0.3, 0.4) is 0 Å². The lowest BCUT2D eigenvalue weighted by Crippen LogP contribution is -2.37. The molecular weight excluding hydrogens is 264 g/mol. The maximum absolute atomic E-state index is 12.0. The molecule has 4 heteroatoms. The maximum atomic E-state index is 12.0. The van der Waals surface area contributed by atoms with E-state index in [1.54, 1.807) is 7.11 Å². The van der Waals surface area contributed by atoms with Gasteiger partial charge in [0.25, 0.3) is 0 Å². The van der Waals surface area contributed by atoms with Crippen LogP contribution in [0.15, 0.2) is 24.3 Å². The van der Waals surface area contributed by atoms with Gasteiger partial charge in [0.05, 0.1) is 13.7 Å². The molecule has 1 saturated heterocycles. The lowest BCUT2D eigenvalue weighted by Gasteiger charge is -2.24. The Kier molecular flexibility index (Phi) is 6.05. The van der Waals surface area contributed by atoms with Crippen LogP contribution in [0.2, 0.25) is 0 Å². The van der Waals surface area contributed by atoms with Crippen LogP contribution in [-0.2, 0) is 4.79 Å². The highest BCUT2D eigenvalue weighted by molar-refractivity contribution is 5.78. The molecule has 1 aliphatic heterocycles. The van der Waals surface area contributed by atoms with Crippen molar-refractivity contribution in [3.8, 4) is 5.75 Å². The van der Waals surface area contributed by atoms with Gasteiger partial charge in [-0.25, -0.2) is 0 Å². The number of rotatable bonds is 7. The van der Waals surface area contributed by atoms with Gasteiger partial charge in [-0.05, 0) is 43.5 Å². The third-order valence-electron chi connectivity index (χ3n) is 4.04. The molecule has 0 aliphatic carbocycles. The Morgan fingerprint density at radius 3 is 3.10 bits per heavy atom. The van der Waals surface area contributed by atoms with Gasteiger partial charge in [0.15, 0.2) is 0 Å². The molecule has 0 saturated carbocycles. The average Bonchev–Trinajstić information content (AvgIpc) is 2.95. The van der Waals surface area contributed by atoms with E-state index in [9.17, 15) is 4.79 Å². The summed E-state index contributed by atoms with van der Waals surface area (Å²) in [5.41, 5.74) is 1.24. The fourth-order valence-corrected chi connectivity index (χ4v) is 2.89. The van der Waals surface area contributed by atoms with Gasteiger partial charge in [-0.3, -0.25) is 9.69 Å². The smallest absolute Gasteiger partial charge is 0.234 e. The summed E-state index contributed by atoms with van der Waals surface area (Å²) >= 11 is 0. The minimum absolute atomic E-state index is 0.137. The van der Waals surface area contributed by atoms with E-state index < -0.39 is 0 Å². The number of amides is 1. The number of unbranched alkanes of at least 4 members (excludes halogenated alkanes) is 1. The summed E-state index contributed by atoms with van der Waals surface area (Å²) in [7, 11) is 1.69. The molecule has 2 rings (SSSR count). The van der Waals surface area contributed by atoms with Crippen molar-refractivity contribution in [3.05, 3.63) is 29.8 Å².